The van der Waals surface area contributed by atoms with Gasteiger partial charge in [-0.15, -0.1) is 0 Å². The fraction of sp³-hybridized carbons (Fsp3) is 0.367. The molecule has 4 nitrogen and oxygen atoms in total. The number of halogens is 3. The Balaban J connectivity index is 1.69. The zero-order valence-electron chi connectivity index (χ0n) is 22.3. The Morgan fingerprint density at radius 2 is 1.58 bits per heavy atom. The number of benzene rings is 3. The lowest BCUT2D eigenvalue weighted by Gasteiger charge is -2.49. The number of anilines is 1. The molecule has 0 aliphatic carbocycles. The molecule has 0 radical (unpaired) electrons. The van der Waals surface area contributed by atoms with Crippen LogP contribution in [-0.4, -0.2) is 19.3 Å². The SMILES string of the molecule is CC(C)(C)[Si](C)(C)Oc1cc(Br)ccc1[C@@H]1[C@@H](CC[C@H](O)c2ccc(F)cc2)C(=O)N1c1ccc(F)cc1. The van der Waals surface area contributed by atoms with Gasteiger partial charge in [0.15, 0.2) is 0 Å². The largest absolute Gasteiger partial charge is 0.543 e. The minimum Gasteiger partial charge on any atom is -0.543 e. The van der Waals surface area contributed by atoms with Gasteiger partial charge in [0, 0.05) is 15.7 Å². The van der Waals surface area contributed by atoms with E-state index in [0.29, 0.717) is 24.1 Å². The molecule has 38 heavy (non-hydrogen) atoms. The fourth-order valence-corrected chi connectivity index (χ4v) is 5.91. The maximum absolute atomic E-state index is 13.7. The maximum atomic E-state index is 13.7. The number of rotatable bonds is 8. The van der Waals surface area contributed by atoms with Gasteiger partial charge in [0.1, 0.15) is 17.4 Å². The van der Waals surface area contributed by atoms with Gasteiger partial charge >= 0.3 is 0 Å². The number of nitrogens with zero attached hydrogens (tertiary/aromatic N) is 1. The molecule has 0 spiro atoms. The second-order valence-corrected chi connectivity index (χ2v) is 17.1. The molecule has 1 aliphatic rings. The summed E-state index contributed by atoms with van der Waals surface area (Å²) in [6.45, 7) is 10.9. The van der Waals surface area contributed by atoms with Crippen molar-refractivity contribution >= 4 is 35.8 Å². The third-order valence-electron chi connectivity index (χ3n) is 7.79. The highest BCUT2D eigenvalue weighted by Gasteiger charge is 2.50. The molecule has 1 aliphatic heterocycles. The summed E-state index contributed by atoms with van der Waals surface area (Å²) in [5, 5.41) is 10.7. The van der Waals surface area contributed by atoms with Crippen LogP contribution in [0.2, 0.25) is 18.1 Å². The zero-order valence-corrected chi connectivity index (χ0v) is 24.9. The number of amides is 1. The average Bonchev–Trinajstić information content (AvgIpc) is 2.84. The predicted octanol–water partition coefficient (Wildman–Crippen LogP) is 8.33. The van der Waals surface area contributed by atoms with E-state index in [1.807, 2.05) is 18.2 Å². The summed E-state index contributed by atoms with van der Waals surface area (Å²) in [4.78, 5) is 15.2. The first-order valence-corrected chi connectivity index (χ1v) is 16.5. The highest BCUT2D eigenvalue weighted by molar-refractivity contribution is 9.10. The first-order valence-electron chi connectivity index (χ1n) is 12.8. The summed E-state index contributed by atoms with van der Waals surface area (Å²) < 4.78 is 34.7. The molecule has 3 aromatic rings. The molecule has 1 heterocycles. The third kappa shape index (κ3) is 5.87. The van der Waals surface area contributed by atoms with Crippen LogP contribution in [0.1, 0.15) is 56.9 Å². The van der Waals surface area contributed by atoms with Crippen LogP contribution >= 0.6 is 15.9 Å². The van der Waals surface area contributed by atoms with Gasteiger partial charge in [-0.05, 0) is 85.1 Å². The fourth-order valence-electron chi connectivity index (χ4n) is 4.53. The normalized spacial score (nSPS) is 18.8. The van der Waals surface area contributed by atoms with Gasteiger partial charge in [-0.3, -0.25) is 4.79 Å². The molecular weight excluding hydrogens is 568 g/mol. The first kappa shape index (κ1) is 28.5. The molecule has 0 aromatic heterocycles. The highest BCUT2D eigenvalue weighted by atomic mass is 79.9. The Hall–Kier alpha value is -2.55. The second kappa shape index (κ2) is 10.9. The van der Waals surface area contributed by atoms with E-state index in [9.17, 15) is 18.7 Å². The van der Waals surface area contributed by atoms with Gasteiger partial charge in [-0.1, -0.05) is 54.9 Å². The van der Waals surface area contributed by atoms with Crippen LogP contribution in [0.15, 0.2) is 71.2 Å². The lowest BCUT2D eigenvalue weighted by atomic mass is 9.78. The number of carbonyl (C=O) groups excluding carboxylic acids is 1. The Bertz CT molecular complexity index is 1290. The van der Waals surface area contributed by atoms with Crippen LogP contribution in [0.3, 0.4) is 0 Å². The molecule has 1 saturated heterocycles. The number of carbonyl (C=O) groups is 1. The van der Waals surface area contributed by atoms with E-state index in [-0.39, 0.29) is 28.6 Å². The van der Waals surface area contributed by atoms with Crippen LogP contribution in [0.5, 0.6) is 5.75 Å². The van der Waals surface area contributed by atoms with Gasteiger partial charge in [0.25, 0.3) is 0 Å². The Morgan fingerprint density at radius 1 is 1.00 bits per heavy atom. The molecule has 3 aromatic carbocycles. The molecule has 0 unspecified atom stereocenters. The van der Waals surface area contributed by atoms with Crippen molar-refractivity contribution in [1.82, 2.24) is 0 Å². The van der Waals surface area contributed by atoms with E-state index >= 15 is 0 Å². The van der Waals surface area contributed by atoms with Crippen molar-refractivity contribution in [3.63, 3.8) is 0 Å². The Labute approximate surface area is 232 Å². The molecular formula is C30H34BrF2NO3Si. The van der Waals surface area contributed by atoms with Crippen molar-refractivity contribution in [2.45, 2.75) is 63.9 Å². The van der Waals surface area contributed by atoms with E-state index in [0.717, 1.165) is 15.8 Å². The molecule has 1 fully saturated rings. The summed E-state index contributed by atoms with van der Waals surface area (Å²) in [6, 6.07) is 17.2. The van der Waals surface area contributed by atoms with Crippen LogP contribution in [0.25, 0.3) is 0 Å². The average molecular weight is 603 g/mol. The first-order chi connectivity index (χ1) is 17.8. The smallest absolute Gasteiger partial charge is 0.250 e. The van der Waals surface area contributed by atoms with Crippen LogP contribution in [0, 0.1) is 17.6 Å². The van der Waals surface area contributed by atoms with Crippen molar-refractivity contribution in [2.24, 2.45) is 5.92 Å². The summed E-state index contributed by atoms with van der Waals surface area (Å²) in [6.07, 6.45) is -0.0584. The quantitative estimate of drug-likeness (QED) is 0.208. The number of β-lactam (4-membered cyclic amide) rings is 1. The zero-order chi connectivity index (χ0) is 27.8. The Kier molecular flexibility index (Phi) is 8.17. The molecule has 8 heteroatoms. The number of aliphatic hydroxyl groups excluding tert-OH is 1. The van der Waals surface area contributed by atoms with Crippen LogP contribution < -0.4 is 9.33 Å². The number of aliphatic hydroxyl groups is 1. The third-order valence-corrected chi connectivity index (χ3v) is 12.6. The van der Waals surface area contributed by atoms with E-state index in [1.165, 1.54) is 24.3 Å². The number of hydrogen-bond donors (Lipinski definition) is 1. The minimum atomic E-state index is -2.21. The van der Waals surface area contributed by atoms with E-state index in [2.05, 4.69) is 49.8 Å². The lowest BCUT2D eigenvalue weighted by Crippen LogP contribution is -2.55. The van der Waals surface area contributed by atoms with Gasteiger partial charge in [-0.25, -0.2) is 8.78 Å². The van der Waals surface area contributed by atoms with E-state index in [1.54, 1.807) is 29.2 Å². The summed E-state index contributed by atoms with van der Waals surface area (Å²) >= 11 is 3.57. The van der Waals surface area contributed by atoms with Crippen LogP contribution in [0.4, 0.5) is 14.5 Å². The van der Waals surface area contributed by atoms with E-state index < -0.39 is 20.3 Å². The van der Waals surface area contributed by atoms with Crippen LogP contribution in [-0.2, 0) is 4.79 Å². The summed E-state index contributed by atoms with van der Waals surface area (Å²) in [7, 11) is -2.21. The topological polar surface area (TPSA) is 49.8 Å². The predicted molar refractivity (Wildman–Crippen MR) is 153 cm³/mol. The molecule has 4 rings (SSSR count). The summed E-state index contributed by atoms with van der Waals surface area (Å²) in [5.74, 6) is -0.510. The minimum absolute atomic E-state index is 0.0304. The second-order valence-electron chi connectivity index (χ2n) is 11.4. The Morgan fingerprint density at radius 3 is 2.16 bits per heavy atom. The lowest BCUT2D eigenvalue weighted by molar-refractivity contribution is -0.131. The van der Waals surface area contributed by atoms with Crippen molar-refractivity contribution in [1.29, 1.82) is 0 Å². The monoisotopic (exact) mass is 601 g/mol. The van der Waals surface area contributed by atoms with Gasteiger partial charge in [0.05, 0.1) is 18.1 Å². The molecule has 1 N–H and O–H groups in total. The maximum Gasteiger partial charge on any atom is 0.250 e. The highest BCUT2D eigenvalue weighted by Crippen LogP contribution is 2.50. The molecule has 3 atom stereocenters. The number of hydrogen-bond acceptors (Lipinski definition) is 3. The molecule has 1 amide bonds. The molecule has 202 valence electrons. The van der Waals surface area contributed by atoms with Crippen molar-refractivity contribution in [3.8, 4) is 5.75 Å². The van der Waals surface area contributed by atoms with Crippen molar-refractivity contribution in [3.05, 3.63) is 94.0 Å². The van der Waals surface area contributed by atoms with Gasteiger partial charge < -0.3 is 14.4 Å². The van der Waals surface area contributed by atoms with Gasteiger partial charge in [0.2, 0.25) is 14.2 Å². The molecule has 0 bridgehead atoms. The van der Waals surface area contributed by atoms with Crippen molar-refractivity contribution in [2.75, 3.05) is 4.90 Å². The molecule has 0 saturated carbocycles. The standard InChI is InChI=1S/C30H34BrF2NO3Si/c1-30(2,3)38(4,5)37-27-18-20(31)8-15-24(27)28-25(16-17-26(35)19-6-9-21(32)10-7-19)29(36)34(28)23-13-11-22(33)12-14-23/h6-15,18,25-26,28,35H,16-17H2,1-5H3/t25-,26+,28-/m1/s1. The van der Waals surface area contributed by atoms with E-state index in [4.69, 9.17) is 4.43 Å². The van der Waals surface area contributed by atoms with Gasteiger partial charge in [-0.2, -0.15) is 0 Å². The summed E-state index contributed by atoms with van der Waals surface area (Å²) in [5.41, 5.74) is 2.09. The van der Waals surface area contributed by atoms with Crippen molar-refractivity contribution < 1.29 is 23.1 Å².